The number of ether oxygens (including phenoxy) is 1. The van der Waals surface area contributed by atoms with Crippen molar-refractivity contribution in [2.24, 2.45) is 0 Å². The molecule has 0 saturated heterocycles. The quantitative estimate of drug-likeness (QED) is 0.808. The molecule has 0 aliphatic heterocycles. The average molecular weight is 211 g/mol. The second kappa shape index (κ2) is 5.83. The fourth-order valence-corrected chi connectivity index (χ4v) is 1.36. The number of rotatable bonds is 5. The Balaban J connectivity index is 2.54. The van der Waals surface area contributed by atoms with Gasteiger partial charge in [-0.1, -0.05) is 18.2 Å². The summed E-state index contributed by atoms with van der Waals surface area (Å²) in [5, 5.41) is 3.23. The number of halogens is 1. The fourth-order valence-electron chi connectivity index (χ4n) is 1.36. The first kappa shape index (κ1) is 12.1. The molecule has 3 heteroatoms. The van der Waals surface area contributed by atoms with Crippen molar-refractivity contribution in [3.63, 3.8) is 0 Å². The lowest BCUT2D eigenvalue weighted by atomic mass is 10.1. The lowest BCUT2D eigenvalue weighted by Gasteiger charge is -2.17. The van der Waals surface area contributed by atoms with Crippen molar-refractivity contribution in [2.45, 2.75) is 26.0 Å². The lowest BCUT2D eigenvalue weighted by Crippen LogP contribution is -2.28. The molecule has 0 aliphatic carbocycles. The van der Waals surface area contributed by atoms with Gasteiger partial charge in [-0.15, -0.1) is 0 Å². The number of methoxy groups -OCH3 is 1. The Morgan fingerprint density at radius 3 is 2.60 bits per heavy atom. The number of hydrogen-bond donors (Lipinski definition) is 1. The maximum Gasteiger partial charge on any atom is 0.127 e. The van der Waals surface area contributed by atoms with Gasteiger partial charge in [0.2, 0.25) is 0 Å². The Morgan fingerprint density at radius 1 is 1.33 bits per heavy atom. The van der Waals surface area contributed by atoms with Crippen LogP contribution in [0.2, 0.25) is 0 Å². The molecule has 0 bridgehead atoms. The molecule has 1 rings (SSSR count). The molecule has 2 nitrogen and oxygen atoms in total. The van der Waals surface area contributed by atoms with E-state index in [0.717, 1.165) is 0 Å². The summed E-state index contributed by atoms with van der Waals surface area (Å²) in [4.78, 5) is 0. The van der Waals surface area contributed by atoms with Crippen molar-refractivity contribution in [3.8, 4) is 0 Å². The Labute approximate surface area is 90.4 Å². The first-order valence-electron chi connectivity index (χ1n) is 5.15. The highest BCUT2D eigenvalue weighted by Gasteiger charge is 2.10. The van der Waals surface area contributed by atoms with Gasteiger partial charge in [-0.2, -0.15) is 0 Å². The van der Waals surface area contributed by atoms with Crippen molar-refractivity contribution in [3.05, 3.63) is 35.6 Å². The Hall–Kier alpha value is -0.930. The molecule has 0 spiro atoms. The molecule has 0 fully saturated rings. The number of nitrogens with one attached hydrogen (secondary N) is 1. The van der Waals surface area contributed by atoms with Crippen LogP contribution in [0.25, 0.3) is 0 Å². The highest BCUT2D eigenvalue weighted by molar-refractivity contribution is 5.20. The average Bonchev–Trinajstić information content (AvgIpc) is 2.26. The van der Waals surface area contributed by atoms with E-state index in [4.69, 9.17) is 4.74 Å². The summed E-state index contributed by atoms with van der Waals surface area (Å²) in [6, 6.07) is 6.82. The van der Waals surface area contributed by atoms with Crippen LogP contribution in [0.15, 0.2) is 24.3 Å². The van der Waals surface area contributed by atoms with E-state index >= 15 is 0 Å². The molecular formula is C12H18FNO. The van der Waals surface area contributed by atoms with Crippen LogP contribution < -0.4 is 5.32 Å². The molecule has 0 amide bonds. The molecule has 2 atom stereocenters. The van der Waals surface area contributed by atoms with Crippen LogP contribution in [0.1, 0.15) is 25.5 Å². The van der Waals surface area contributed by atoms with E-state index in [-0.39, 0.29) is 18.0 Å². The van der Waals surface area contributed by atoms with Gasteiger partial charge in [-0.05, 0) is 19.9 Å². The van der Waals surface area contributed by atoms with E-state index in [0.29, 0.717) is 12.1 Å². The molecule has 1 N–H and O–H groups in total. The van der Waals surface area contributed by atoms with Crippen LogP contribution in [0, 0.1) is 5.82 Å². The zero-order chi connectivity index (χ0) is 11.3. The number of hydrogen-bond acceptors (Lipinski definition) is 2. The van der Waals surface area contributed by atoms with Gasteiger partial charge in [-0.3, -0.25) is 0 Å². The predicted molar refractivity (Wildman–Crippen MR) is 59.3 cm³/mol. The summed E-state index contributed by atoms with van der Waals surface area (Å²) in [6.45, 7) is 4.63. The summed E-state index contributed by atoms with van der Waals surface area (Å²) in [5.74, 6) is -0.164. The molecule has 0 aliphatic rings. The molecule has 15 heavy (non-hydrogen) atoms. The van der Waals surface area contributed by atoms with Gasteiger partial charge in [0.25, 0.3) is 0 Å². The maximum absolute atomic E-state index is 13.4. The van der Waals surface area contributed by atoms with Gasteiger partial charge in [0, 0.05) is 25.3 Å². The number of benzene rings is 1. The van der Waals surface area contributed by atoms with Crippen molar-refractivity contribution in [1.82, 2.24) is 5.32 Å². The minimum Gasteiger partial charge on any atom is -0.380 e. The fraction of sp³-hybridized carbons (Fsp3) is 0.500. The van der Waals surface area contributed by atoms with Crippen LogP contribution in [0.3, 0.4) is 0 Å². The third-order valence-corrected chi connectivity index (χ3v) is 2.49. The zero-order valence-corrected chi connectivity index (χ0v) is 9.46. The second-order valence-corrected chi connectivity index (χ2v) is 3.70. The van der Waals surface area contributed by atoms with Gasteiger partial charge < -0.3 is 10.1 Å². The molecule has 0 aromatic heterocycles. The lowest BCUT2D eigenvalue weighted by molar-refractivity contribution is 0.114. The van der Waals surface area contributed by atoms with Gasteiger partial charge >= 0.3 is 0 Å². The SMILES string of the molecule is COC(C)CN[C@H](C)c1ccccc1F. The van der Waals surface area contributed by atoms with Gasteiger partial charge in [-0.25, -0.2) is 4.39 Å². The second-order valence-electron chi connectivity index (χ2n) is 3.70. The van der Waals surface area contributed by atoms with E-state index in [9.17, 15) is 4.39 Å². The topological polar surface area (TPSA) is 21.3 Å². The Kier molecular flexibility index (Phi) is 4.72. The van der Waals surface area contributed by atoms with E-state index < -0.39 is 0 Å². The molecule has 1 aromatic rings. The molecule has 1 unspecified atom stereocenters. The van der Waals surface area contributed by atoms with Crippen molar-refractivity contribution in [2.75, 3.05) is 13.7 Å². The summed E-state index contributed by atoms with van der Waals surface area (Å²) in [7, 11) is 1.67. The third-order valence-electron chi connectivity index (χ3n) is 2.49. The molecule has 0 heterocycles. The van der Waals surface area contributed by atoms with Gasteiger partial charge in [0.1, 0.15) is 5.82 Å². The summed E-state index contributed by atoms with van der Waals surface area (Å²) < 4.78 is 18.5. The summed E-state index contributed by atoms with van der Waals surface area (Å²) in [5.41, 5.74) is 0.695. The molecule has 84 valence electrons. The van der Waals surface area contributed by atoms with Gasteiger partial charge in [0.05, 0.1) is 6.10 Å². The summed E-state index contributed by atoms with van der Waals surface area (Å²) >= 11 is 0. The summed E-state index contributed by atoms with van der Waals surface area (Å²) in [6.07, 6.45) is 0.138. The van der Waals surface area contributed by atoms with Crippen LogP contribution in [-0.4, -0.2) is 19.8 Å². The van der Waals surface area contributed by atoms with Crippen molar-refractivity contribution >= 4 is 0 Å². The van der Waals surface area contributed by atoms with Crippen molar-refractivity contribution in [1.29, 1.82) is 0 Å². The molecule has 0 saturated carbocycles. The van der Waals surface area contributed by atoms with E-state index in [1.54, 1.807) is 19.2 Å². The largest absolute Gasteiger partial charge is 0.380 e. The van der Waals surface area contributed by atoms with Crippen LogP contribution in [0.4, 0.5) is 4.39 Å². The minimum atomic E-state index is -0.164. The first-order valence-corrected chi connectivity index (χ1v) is 5.15. The smallest absolute Gasteiger partial charge is 0.127 e. The Morgan fingerprint density at radius 2 is 2.00 bits per heavy atom. The van der Waals surface area contributed by atoms with Crippen LogP contribution >= 0.6 is 0 Å². The van der Waals surface area contributed by atoms with Crippen molar-refractivity contribution < 1.29 is 9.13 Å². The highest BCUT2D eigenvalue weighted by atomic mass is 19.1. The molecule has 0 radical (unpaired) electrons. The predicted octanol–water partition coefficient (Wildman–Crippen LogP) is 2.51. The Bertz CT molecular complexity index is 303. The normalized spacial score (nSPS) is 14.9. The van der Waals surface area contributed by atoms with E-state index in [1.165, 1.54) is 6.07 Å². The molecule has 1 aromatic carbocycles. The van der Waals surface area contributed by atoms with Crippen LogP contribution in [-0.2, 0) is 4.74 Å². The van der Waals surface area contributed by atoms with Gasteiger partial charge in [0.15, 0.2) is 0 Å². The third kappa shape index (κ3) is 3.61. The standard InChI is InChI=1S/C12H18FNO/c1-9(15-3)8-14-10(2)11-6-4-5-7-12(11)13/h4-7,9-10,14H,8H2,1-3H3/t9?,10-/m1/s1. The minimum absolute atomic E-state index is 0.00352. The van der Waals surface area contributed by atoms with Crippen LogP contribution in [0.5, 0.6) is 0 Å². The highest BCUT2D eigenvalue weighted by Crippen LogP contribution is 2.15. The van der Waals surface area contributed by atoms with E-state index in [1.807, 2.05) is 19.9 Å². The van der Waals surface area contributed by atoms with E-state index in [2.05, 4.69) is 5.32 Å². The first-order chi connectivity index (χ1) is 7.15. The maximum atomic E-state index is 13.4. The molecular weight excluding hydrogens is 193 g/mol. The monoisotopic (exact) mass is 211 g/mol. The zero-order valence-electron chi connectivity index (χ0n) is 9.46.